The number of nitrogens with zero attached hydrogens (tertiary/aromatic N) is 1. The van der Waals surface area contributed by atoms with Crippen molar-refractivity contribution in [3.05, 3.63) is 36.2 Å². The number of carbonyl (C=O) groups excluding carboxylic acids is 2. The van der Waals surface area contributed by atoms with Crippen LogP contribution in [0.1, 0.15) is 18.4 Å². The van der Waals surface area contributed by atoms with Gasteiger partial charge in [-0.25, -0.2) is 0 Å². The molecular formula is C12H11NO3. The molecule has 1 fully saturated rings. The second kappa shape index (κ2) is 4.70. The van der Waals surface area contributed by atoms with Crippen LogP contribution in [0, 0.1) is 0 Å². The van der Waals surface area contributed by atoms with E-state index in [0.717, 1.165) is 5.56 Å². The van der Waals surface area contributed by atoms with Crippen LogP contribution in [0.3, 0.4) is 0 Å². The summed E-state index contributed by atoms with van der Waals surface area (Å²) >= 11 is 0. The van der Waals surface area contributed by atoms with Gasteiger partial charge in [-0.3, -0.25) is 14.6 Å². The Hall–Kier alpha value is -1.97. The van der Waals surface area contributed by atoms with Crippen molar-refractivity contribution in [1.82, 2.24) is 4.98 Å². The molecule has 0 saturated carbocycles. The van der Waals surface area contributed by atoms with E-state index in [4.69, 9.17) is 4.74 Å². The summed E-state index contributed by atoms with van der Waals surface area (Å²) in [5.41, 5.74) is 0.913. The van der Waals surface area contributed by atoms with Gasteiger partial charge in [0, 0.05) is 18.8 Å². The minimum Gasteiger partial charge on any atom is -0.457 e. The number of ether oxygens (including phenoxy) is 1. The largest absolute Gasteiger partial charge is 0.457 e. The molecule has 4 nitrogen and oxygen atoms in total. The predicted octanol–water partition coefficient (Wildman–Crippen LogP) is 1.37. The molecule has 4 heteroatoms. The predicted molar refractivity (Wildman–Crippen MR) is 57.4 cm³/mol. The van der Waals surface area contributed by atoms with Gasteiger partial charge in [0.15, 0.2) is 0 Å². The Balaban J connectivity index is 2.02. The molecule has 0 bridgehead atoms. The summed E-state index contributed by atoms with van der Waals surface area (Å²) in [6.45, 7) is 0. The van der Waals surface area contributed by atoms with Gasteiger partial charge >= 0.3 is 5.97 Å². The van der Waals surface area contributed by atoms with Crippen LogP contribution >= 0.6 is 0 Å². The zero-order valence-electron chi connectivity index (χ0n) is 8.63. The number of carbonyl (C=O) groups is 2. The van der Waals surface area contributed by atoms with Gasteiger partial charge < -0.3 is 4.74 Å². The van der Waals surface area contributed by atoms with Crippen LogP contribution in [0.25, 0.3) is 6.08 Å². The Kier molecular flexibility index (Phi) is 3.10. The molecule has 1 aliphatic rings. The molecule has 82 valence electrons. The third kappa shape index (κ3) is 2.76. The molecular weight excluding hydrogens is 206 g/mol. The van der Waals surface area contributed by atoms with E-state index in [1.807, 2.05) is 12.1 Å². The van der Waals surface area contributed by atoms with E-state index >= 15 is 0 Å². The molecule has 2 rings (SSSR count). The monoisotopic (exact) mass is 217 g/mol. The number of rotatable bonds is 2. The van der Waals surface area contributed by atoms with E-state index in [2.05, 4.69) is 4.98 Å². The maximum atomic E-state index is 11.1. The molecule has 1 saturated heterocycles. The molecule has 1 aliphatic heterocycles. The van der Waals surface area contributed by atoms with E-state index < -0.39 is 12.1 Å². The number of aromatic nitrogens is 1. The highest BCUT2D eigenvalue weighted by molar-refractivity contribution is 5.97. The summed E-state index contributed by atoms with van der Waals surface area (Å²) in [5.74, 6) is -0.519. The Morgan fingerprint density at radius 2 is 2.31 bits per heavy atom. The van der Waals surface area contributed by atoms with Crippen molar-refractivity contribution in [2.45, 2.75) is 18.9 Å². The van der Waals surface area contributed by atoms with Crippen molar-refractivity contribution < 1.29 is 14.3 Å². The van der Waals surface area contributed by atoms with Crippen molar-refractivity contribution in [2.24, 2.45) is 0 Å². The Morgan fingerprint density at radius 3 is 3.00 bits per heavy atom. The van der Waals surface area contributed by atoms with Gasteiger partial charge in [0.2, 0.25) is 0 Å². The Labute approximate surface area is 92.9 Å². The quantitative estimate of drug-likeness (QED) is 0.554. The van der Waals surface area contributed by atoms with Crippen molar-refractivity contribution in [3.8, 4) is 0 Å². The minimum absolute atomic E-state index is 0.0721. The van der Waals surface area contributed by atoms with Crippen molar-refractivity contribution in [2.75, 3.05) is 0 Å². The van der Waals surface area contributed by atoms with Crippen LogP contribution in [0.5, 0.6) is 0 Å². The average molecular weight is 217 g/mol. The van der Waals surface area contributed by atoms with Crippen LogP contribution in [0.4, 0.5) is 0 Å². The van der Waals surface area contributed by atoms with Crippen LogP contribution in [-0.4, -0.2) is 22.8 Å². The van der Waals surface area contributed by atoms with E-state index in [0.29, 0.717) is 0 Å². The van der Waals surface area contributed by atoms with E-state index in [1.165, 1.54) is 0 Å². The topological polar surface area (TPSA) is 56.3 Å². The second-order valence-corrected chi connectivity index (χ2v) is 3.59. The molecule has 0 N–H and O–H groups in total. The van der Waals surface area contributed by atoms with Gasteiger partial charge in [0.25, 0.3) is 0 Å². The SMILES string of the molecule is O=C1CC(=O)OC(C=Cc2cccnc2)C1. The number of pyridine rings is 1. The highest BCUT2D eigenvalue weighted by Crippen LogP contribution is 2.13. The van der Waals surface area contributed by atoms with Crippen LogP contribution < -0.4 is 0 Å². The van der Waals surface area contributed by atoms with Gasteiger partial charge in [-0.2, -0.15) is 0 Å². The second-order valence-electron chi connectivity index (χ2n) is 3.59. The zero-order valence-corrected chi connectivity index (χ0v) is 8.63. The molecule has 1 aromatic rings. The lowest BCUT2D eigenvalue weighted by molar-refractivity contribution is -0.154. The maximum absolute atomic E-state index is 11.1. The number of ketones is 1. The number of cyclic esters (lactones) is 1. The maximum Gasteiger partial charge on any atom is 0.313 e. The fraction of sp³-hybridized carbons (Fsp3) is 0.250. The zero-order chi connectivity index (χ0) is 11.4. The van der Waals surface area contributed by atoms with Crippen LogP contribution in [0.2, 0.25) is 0 Å². The van der Waals surface area contributed by atoms with Crippen molar-refractivity contribution in [1.29, 1.82) is 0 Å². The molecule has 1 unspecified atom stereocenters. The summed E-state index contributed by atoms with van der Waals surface area (Å²) in [4.78, 5) is 26.1. The fourth-order valence-electron chi connectivity index (χ4n) is 1.51. The van der Waals surface area contributed by atoms with Gasteiger partial charge in [0.05, 0.1) is 0 Å². The lowest BCUT2D eigenvalue weighted by Gasteiger charge is -2.18. The summed E-state index contributed by atoms with van der Waals surface area (Å²) in [7, 11) is 0. The van der Waals surface area contributed by atoms with Gasteiger partial charge in [-0.05, 0) is 17.7 Å². The molecule has 0 aromatic carbocycles. The van der Waals surface area contributed by atoms with Crippen LogP contribution in [-0.2, 0) is 14.3 Å². The van der Waals surface area contributed by atoms with E-state index in [9.17, 15) is 9.59 Å². The molecule has 0 amide bonds. The van der Waals surface area contributed by atoms with Gasteiger partial charge in [-0.15, -0.1) is 0 Å². The van der Waals surface area contributed by atoms with Gasteiger partial charge in [-0.1, -0.05) is 12.1 Å². The highest BCUT2D eigenvalue weighted by atomic mass is 16.5. The standard InChI is InChI=1S/C12H11NO3/c14-10-6-11(16-12(15)7-10)4-3-9-2-1-5-13-8-9/h1-5,8,11H,6-7H2. The van der Waals surface area contributed by atoms with Crippen molar-refractivity contribution >= 4 is 17.8 Å². The number of hydrogen-bond acceptors (Lipinski definition) is 4. The fourth-order valence-corrected chi connectivity index (χ4v) is 1.51. The molecule has 0 spiro atoms. The van der Waals surface area contributed by atoms with Crippen LogP contribution in [0.15, 0.2) is 30.6 Å². The van der Waals surface area contributed by atoms with Crippen molar-refractivity contribution in [3.63, 3.8) is 0 Å². The molecule has 1 atom stereocenters. The highest BCUT2D eigenvalue weighted by Gasteiger charge is 2.24. The molecule has 1 aromatic heterocycles. The summed E-state index contributed by atoms with van der Waals surface area (Å²) < 4.78 is 5.01. The Morgan fingerprint density at radius 1 is 1.44 bits per heavy atom. The number of Topliss-reactive ketones (excluding diaryl/α,β-unsaturated/α-hetero) is 1. The Bertz CT molecular complexity index is 409. The molecule has 16 heavy (non-hydrogen) atoms. The lowest BCUT2D eigenvalue weighted by atomic mass is 10.1. The lowest BCUT2D eigenvalue weighted by Crippen LogP contribution is -2.28. The third-order valence-corrected chi connectivity index (χ3v) is 2.24. The molecule has 0 aliphatic carbocycles. The summed E-state index contributed by atoms with van der Waals surface area (Å²) in [5, 5.41) is 0. The first-order valence-electron chi connectivity index (χ1n) is 5.03. The first kappa shape index (κ1) is 10.5. The number of esters is 1. The number of hydrogen-bond donors (Lipinski definition) is 0. The molecule has 0 radical (unpaired) electrons. The normalized spacial score (nSPS) is 21.1. The molecule has 2 heterocycles. The average Bonchev–Trinajstić information content (AvgIpc) is 2.27. The smallest absolute Gasteiger partial charge is 0.313 e. The van der Waals surface area contributed by atoms with E-state index in [1.54, 1.807) is 24.5 Å². The first-order chi connectivity index (χ1) is 7.74. The summed E-state index contributed by atoms with van der Waals surface area (Å²) in [6, 6.07) is 3.70. The van der Waals surface area contributed by atoms with E-state index in [-0.39, 0.29) is 18.6 Å². The first-order valence-corrected chi connectivity index (χ1v) is 5.03. The minimum atomic E-state index is -0.447. The van der Waals surface area contributed by atoms with Gasteiger partial charge in [0.1, 0.15) is 18.3 Å². The summed E-state index contributed by atoms with van der Waals surface area (Å²) in [6.07, 6.45) is 6.62. The third-order valence-electron chi connectivity index (χ3n) is 2.24.